The average molecular weight is 540 g/mol. The smallest absolute Gasteiger partial charge is 0.249 e. The molecule has 0 radical (unpaired) electrons. The molecule has 0 unspecified atom stereocenters. The summed E-state index contributed by atoms with van der Waals surface area (Å²) < 4.78 is 31.9. The lowest BCUT2D eigenvalue weighted by Crippen LogP contribution is -2.11. The second-order valence-electron chi connectivity index (χ2n) is 10.1. The third-order valence-corrected chi connectivity index (χ3v) is 7.87. The van der Waals surface area contributed by atoms with E-state index in [1.54, 1.807) is 12.1 Å². The first-order valence-electron chi connectivity index (χ1n) is 12.8. The number of nitrogens with zero attached hydrogens (tertiary/aromatic N) is 3. The van der Waals surface area contributed by atoms with Crippen molar-refractivity contribution < 1.29 is 13.2 Å². The number of rotatable bonds is 8. The predicted octanol–water partition coefficient (Wildman–Crippen LogP) is 6.16. The summed E-state index contributed by atoms with van der Waals surface area (Å²) in [6.07, 6.45) is 4.47. The molecule has 0 saturated heterocycles. The Morgan fingerprint density at radius 2 is 1.67 bits per heavy atom. The molecular weight excluding hydrogens is 510 g/mol. The van der Waals surface area contributed by atoms with Crippen LogP contribution in [0.25, 0.3) is 11.0 Å². The summed E-state index contributed by atoms with van der Waals surface area (Å²) in [7, 11) is -3.78. The van der Waals surface area contributed by atoms with Gasteiger partial charge in [0.25, 0.3) is 0 Å². The normalized spacial score (nSPS) is 13.5. The monoisotopic (exact) mass is 539 g/mol. The van der Waals surface area contributed by atoms with E-state index in [1.807, 2.05) is 30.5 Å². The van der Waals surface area contributed by atoms with Crippen LogP contribution in [-0.4, -0.2) is 23.0 Å². The molecule has 0 spiro atoms. The molecule has 0 atom stereocenters. The van der Waals surface area contributed by atoms with Gasteiger partial charge in [0.05, 0.1) is 10.4 Å². The molecule has 1 aliphatic rings. The Balaban J connectivity index is 1.41. The second kappa shape index (κ2) is 9.83. The molecule has 3 aromatic carbocycles. The molecule has 8 nitrogen and oxygen atoms in total. The Morgan fingerprint density at radius 3 is 2.31 bits per heavy atom. The molecule has 1 aliphatic carbocycles. The minimum Gasteiger partial charge on any atom is -0.436 e. The molecule has 5 aromatic rings. The van der Waals surface area contributed by atoms with Crippen LogP contribution in [0.15, 0.2) is 83.9 Å². The first-order chi connectivity index (χ1) is 18.7. The van der Waals surface area contributed by atoms with Crippen molar-refractivity contribution in [3.8, 4) is 11.6 Å². The van der Waals surface area contributed by atoms with Crippen LogP contribution < -0.4 is 15.2 Å². The van der Waals surface area contributed by atoms with Crippen molar-refractivity contribution in [3.05, 3.63) is 101 Å². The SMILES string of the molecule is Cc1cc(C2CC2)cc(C)c1Oc1nc(Nc2ccc(S(N)(=O)=O)cc2)nc2ccn(Cc3ccccc3)c12. The van der Waals surface area contributed by atoms with Crippen molar-refractivity contribution in [3.63, 3.8) is 0 Å². The Kier molecular flexibility index (Phi) is 6.32. The van der Waals surface area contributed by atoms with E-state index in [-0.39, 0.29) is 4.90 Å². The highest BCUT2D eigenvalue weighted by molar-refractivity contribution is 7.89. The van der Waals surface area contributed by atoms with Crippen molar-refractivity contribution in [1.29, 1.82) is 0 Å². The third-order valence-electron chi connectivity index (χ3n) is 6.94. The Hall–Kier alpha value is -4.21. The maximum absolute atomic E-state index is 11.6. The van der Waals surface area contributed by atoms with Crippen molar-refractivity contribution in [1.82, 2.24) is 14.5 Å². The number of benzene rings is 3. The highest BCUT2D eigenvalue weighted by Crippen LogP contribution is 2.43. The number of ether oxygens (including phenoxy) is 1. The molecule has 2 aromatic heterocycles. The molecule has 2 heterocycles. The molecule has 6 rings (SSSR count). The first kappa shape index (κ1) is 25.1. The number of hydrogen-bond acceptors (Lipinski definition) is 6. The van der Waals surface area contributed by atoms with Gasteiger partial charge < -0.3 is 14.6 Å². The van der Waals surface area contributed by atoms with Gasteiger partial charge in [-0.05, 0) is 85.2 Å². The molecule has 3 N–H and O–H groups in total. The number of sulfonamides is 1. The predicted molar refractivity (Wildman–Crippen MR) is 152 cm³/mol. The van der Waals surface area contributed by atoms with E-state index < -0.39 is 10.0 Å². The molecule has 0 bridgehead atoms. The van der Waals surface area contributed by atoms with Gasteiger partial charge in [0.15, 0.2) is 0 Å². The zero-order valence-corrected chi connectivity index (χ0v) is 22.6. The second-order valence-corrected chi connectivity index (χ2v) is 11.6. The van der Waals surface area contributed by atoms with Gasteiger partial charge in [-0.2, -0.15) is 4.98 Å². The quantitative estimate of drug-likeness (QED) is 0.244. The molecule has 0 amide bonds. The van der Waals surface area contributed by atoms with Gasteiger partial charge in [-0.25, -0.2) is 18.5 Å². The van der Waals surface area contributed by atoms with E-state index in [0.29, 0.717) is 30.0 Å². The fourth-order valence-electron chi connectivity index (χ4n) is 4.86. The van der Waals surface area contributed by atoms with Crippen LogP contribution in [0.5, 0.6) is 11.6 Å². The summed E-state index contributed by atoms with van der Waals surface area (Å²) in [5, 5.41) is 8.41. The van der Waals surface area contributed by atoms with Crippen LogP contribution in [0.4, 0.5) is 11.6 Å². The number of fused-ring (bicyclic) bond motifs is 1. The molecule has 198 valence electrons. The molecule has 1 saturated carbocycles. The first-order valence-corrected chi connectivity index (χ1v) is 14.4. The van der Waals surface area contributed by atoms with E-state index in [4.69, 9.17) is 19.8 Å². The van der Waals surface area contributed by atoms with Gasteiger partial charge in [0.2, 0.25) is 21.9 Å². The van der Waals surface area contributed by atoms with E-state index in [1.165, 1.54) is 30.5 Å². The van der Waals surface area contributed by atoms with Gasteiger partial charge >= 0.3 is 0 Å². The van der Waals surface area contributed by atoms with Crippen LogP contribution in [-0.2, 0) is 16.6 Å². The number of nitrogens with one attached hydrogen (secondary N) is 1. The van der Waals surface area contributed by atoms with Crippen LogP contribution in [0, 0.1) is 13.8 Å². The van der Waals surface area contributed by atoms with Gasteiger partial charge in [-0.3, -0.25) is 0 Å². The Labute approximate surface area is 227 Å². The summed E-state index contributed by atoms with van der Waals surface area (Å²) in [5.41, 5.74) is 6.79. The zero-order chi connectivity index (χ0) is 27.1. The lowest BCUT2D eigenvalue weighted by molar-refractivity contribution is 0.458. The maximum Gasteiger partial charge on any atom is 0.249 e. The Bertz CT molecular complexity index is 1750. The molecule has 9 heteroatoms. The molecular formula is C30H29N5O3S. The zero-order valence-electron chi connectivity index (χ0n) is 21.8. The summed E-state index contributed by atoms with van der Waals surface area (Å²) >= 11 is 0. The van der Waals surface area contributed by atoms with E-state index in [9.17, 15) is 8.42 Å². The standard InChI is InChI=1S/C30H29N5O3S/c1-19-16-23(22-8-9-22)17-20(2)28(19)38-29-27-26(14-15-35(27)18-21-6-4-3-5-7-21)33-30(34-29)32-24-10-12-25(13-11-24)39(31,36)37/h3-7,10-17,22H,8-9,18H2,1-2H3,(H2,31,36,37)(H,32,33,34). The van der Waals surface area contributed by atoms with Crippen LogP contribution in [0.1, 0.15) is 41.0 Å². The Morgan fingerprint density at radius 1 is 0.974 bits per heavy atom. The van der Waals surface area contributed by atoms with Crippen molar-refractivity contribution in [2.24, 2.45) is 5.14 Å². The lowest BCUT2D eigenvalue weighted by atomic mass is 10.0. The number of nitrogens with two attached hydrogens (primary N) is 1. The molecule has 0 aliphatic heterocycles. The number of anilines is 2. The van der Waals surface area contributed by atoms with Gasteiger partial charge in [-0.15, -0.1) is 0 Å². The summed E-state index contributed by atoms with van der Waals surface area (Å²) in [4.78, 5) is 9.55. The number of primary sulfonamides is 1. The summed E-state index contributed by atoms with van der Waals surface area (Å²) in [5.74, 6) is 2.22. The fraction of sp³-hybridized carbons (Fsp3) is 0.200. The van der Waals surface area contributed by atoms with E-state index >= 15 is 0 Å². The lowest BCUT2D eigenvalue weighted by Gasteiger charge is -2.16. The van der Waals surface area contributed by atoms with E-state index in [2.05, 4.69) is 48.0 Å². The van der Waals surface area contributed by atoms with Crippen molar-refractivity contribution in [2.75, 3.05) is 5.32 Å². The van der Waals surface area contributed by atoms with Crippen molar-refractivity contribution >= 4 is 32.7 Å². The summed E-state index contributed by atoms with van der Waals surface area (Å²) in [6, 6.07) is 22.7. The maximum atomic E-state index is 11.6. The van der Waals surface area contributed by atoms with Gasteiger partial charge in [0.1, 0.15) is 11.3 Å². The highest BCUT2D eigenvalue weighted by Gasteiger charge is 2.25. The van der Waals surface area contributed by atoms with Gasteiger partial charge in [-0.1, -0.05) is 42.5 Å². The topological polar surface area (TPSA) is 112 Å². The molecule has 1 fully saturated rings. The largest absolute Gasteiger partial charge is 0.436 e. The van der Waals surface area contributed by atoms with Crippen LogP contribution in [0.3, 0.4) is 0 Å². The van der Waals surface area contributed by atoms with Crippen LogP contribution in [0.2, 0.25) is 0 Å². The van der Waals surface area contributed by atoms with Crippen molar-refractivity contribution in [2.45, 2.75) is 44.0 Å². The minimum absolute atomic E-state index is 0.0343. The number of aryl methyl sites for hydroxylation is 2. The average Bonchev–Trinajstić information content (AvgIpc) is 3.68. The number of aromatic nitrogens is 3. The third kappa shape index (κ3) is 5.36. The highest BCUT2D eigenvalue weighted by atomic mass is 32.2. The number of hydrogen-bond donors (Lipinski definition) is 2. The van der Waals surface area contributed by atoms with E-state index in [0.717, 1.165) is 33.5 Å². The fourth-order valence-corrected chi connectivity index (χ4v) is 5.38. The summed E-state index contributed by atoms with van der Waals surface area (Å²) in [6.45, 7) is 4.79. The van der Waals surface area contributed by atoms with Crippen LogP contribution >= 0.6 is 0 Å². The molecule has 39 heavy (non-hydrogen) atoms. The minimum atomic E-state index is -3.78. The van der Waals surface area contributed by atoms with Gasteiger partial charge in [0, 0.05) is 18.4 Å².